The molecule has 2 aliphatic rings. The van der Waals surface area contributed by atoms with Crippen molar-refractivity contribution in [1.29, 1.82) is 5.26 Å². The van der Waals surface area contributed by atoms with Gasteiger partial charge in [0.05, 0.1) is 24.0 Å². The van der Waals surface area contributed by atoms with E-state index in [-0.39, 0.29) is 0 Å². The number of pyridine rings is 2. The molecule has 1 atom stereocenters. The molecule has 1 saturated heterocycles. The first kappa shape index (κ1) is 18.9. The first-order valence-electron chi connectivity index (χ1n) is 10.9. The SMILES string of the molecule is N#Cc1cnc2c(cnn2-c2cc(NC3CC3)c(-c3cn(C4CCCNC4)nn3)cn2)c1. The highest BCUT2D eigenvalue weighted by atomic mass is 15.4. The smallest absolute Gasteiger partial charge is 0.164 e. The molecule has 0 bridgehead atoms. The molecule has 2 N–H and O–H groups in total. The van der Waals surface area contributed by atoms with Crippen LogP contribution in [0.2, 0.25) is 0 Å². The molecule has 0 aromatic carbocycles. The first-order valence-corrected chi connectivity index (χ1v) is 10.9. The van der Waals surface area contributed by atoms with Crippen molar-refractivity contribution < 1.29 is 0 Å². The zero-order valence-corrected chi connectivity index (χ0v) is 17.4. The van der Waals surface area contributed by atoms with E-state index in [0.29, 0.717) is 29.1 Å². The molecule has 10 heteroatoms. The Morgan fingerprint density at radius 3 is 2.88 bits per heavy atom. The van der Waals surface area contributed by atoms with Crippen LogP contribution in [0.15, 0.2) is 36.9 Å². The van der Waals surface area contributed by atoms with Gasteiger partial charge in [-0.15, -0.1) is 5.10 Å². The summed E-state index contributed by atoms with van der Waals surface area (Å²) in [6.07, 6.45) is 11.7. The van der Waals surface area contributed by atoms with Gasteiger partial charge in [-0.2, -0.15) is 15.0 Å². The molecule has 6 rings (SSSR count). The van der Waals surface area contributed by atoms with Crippen LogP contribution < -0.4 is 10.6 Å². The van der Waals surface area contributed by atoms with Crippen LogP contribution in [0.5, 0.6) is 0 Å². The fourth-order valence-corrected chi connectivity index (χ4v) is 4.12. The normalized spacial score (nSPS) is 18.5. The minimum absolute atomic E-state index is 0.330. The molecule has 4 aromatic rings. The van der Waals surface area contributed by atoms with Gasteiger partial charge >= 0.3 is 0 Å². The van der Waals surface area contributed by atoms with Gasteiger partial charge in [-0.05, 0) is 38.3 Å². The molecule has 32 heavy (non-hydrogen) atoms. The number of nitrogens with one attached hydrogen (secondary N) is 2. The highest BCUT2D eigenvalue weighted by Crippen LogP contribution is 2.33. The van der Waals surface area contributed by atoms with Crippen molar-refractivity contribution in [2.45, 2.75) is 37.8 Å². The third kappa shape index (κ3) is 3.46. The summed E-state index contributed by atoms with van der Waals surface area (Å²) >= 11 is 0. The second kappa shape index (κ2) is 7.69. The Kier molecular flexibility index (Phi) is 4.54. The van der Waals surface area contributed by atoms with Crippen LogP contribution in [0.1, 0.15) is 37.3 Å². The molecule has 1 unspecified atom stereocenters. The predicted octanol–water partition coefficient (Wildman–Crippen LogP) is 2.44. The van der Waals surface area contributed by atoms with Crippen LogP contribution in [0.4, 0.5) is 5.69 Å². The minimum Gasteiger partial charge on any atom is -0.382 e. The van der Waals surface area contributed by atoms with E-state index >= 15 is 0 Å². The molecule has 0 amide bonds. The summed E-state index contributed by atoms with van der Waals surface area (Å²) in [7, 11) is 0. The molecule has 1 aliphatic carbocycles. The Labute approximate surface area is 184 Å². The number of anilines is 1. The molecule has 1 aliphatic heterocycles. The summed E-state index contributed by atoms with van der Waals surface area (Å²) in [5, 5.41) is 30.3. The molecule has 2 fully saturated rings. The number of hydrogen-bond donors (Lipinski definition) is 2. The van der Waals surface area contributed by atoms with E-state index < -0.39 is 0 Å². The lowest BCUT2D eigenvalue weighted by molar-refractivity contribution is 0.341. The molecular weight excluding hydrogens is 404 g/mol. The maximum Gasteiger partial charge on any atom is 0.164 e. The largest absolute Gasteiger partial charge is 0.382 e. The van der Waals surface area contributed by atoms with E-state index in [0.717, 1.165) is 61.1 Å². The molecule has 5 heterocycles. The molecule has 0 spiro atoms. The van der Waals surface area contributed by atoms with E-state index in [2.05, 4.69) is 42.1 Å². The zero-order chi connectivity index (χ0) is 21.5. The van der Waals surface area contributed by atoms with Crippen LogP contribution in [0.25, 0.3) is 28.1 Å². The third-order valence-corrected chi connectivity index (χ3v) is 6.01. The Morgan fingerprint density at radius 1 is 1.12 bits per heavy atom. The van der Waals surface area contributed by atoms with Gasteiger partial charge in [-0.1, -0.05) is 5.21 Å². The third-order valence-electron chi connectivity index (χ3n) is 6.01. The molecule has 160 valence electrons. The quantitative estimate of drug-likeness (QED) is 0.499. The van der Waals surface area contributed by atoms with E-state index in [4.69, 9.17) is 5.26 Å². The van der Waals surface area contributed by atoms with E-state index in [1.807, 2.05) is 23.1 Å². The lowest BCUT2D eigenvalue weighted by atomic mass is 10.1. The molecule has 0 radical (unpaired) electrons. The average Bonchev–Trinajstić information content (AvgIpc) is 3.34. The lowest BCUT2D eigenvalue weighted by Crippen LogP contribution is -2.31. The van der Waals surface area contributed by atoms with Crippen molar-refractivity contribution in [2.24, 2.45) is 0 Å². The van der Waals surface area contributed by atoms with Crippen molar-refractivity contribution in [3.05, 3.63) is 42.5 Å². The Balaban J connectivity index is 1.38. The maximum atomic E-state index is 9.12. The number of fused-ring (bicyclic) bond motifs is 1. The van der Waals surface area contributed by atoms with Gasteiger partial charge in [0.25, 0.3) is 0 Å². The fourth-order valence-electron chi connectivity index (χ4n) is 4.12. The summed E-state index contributed by atoms with van der Waals surface area (Å²) in [6.45, 7) is 1.98. The summed E-state index contributed by atoms with van der Waals surface area (Å²) in [5.41, 5.74) is 3.86. The van der Waals surface area contributed by atoms with Crippen LogP contribution >= 0.6 is 0 Å². The molecule has 4 aromatic heterocycles. The van der Waals surface area contributed by atoms with Crippen LogP contribution in [0, 0.1) is 11.3 Å². The number of rotatable bonds is 5. The number of hydrogen-bond acceptors (Lipinski definition) is 8. The van der Waals surface area contributed by atoms with Crippen molar-refractivity contribution in [3.63, 3.8) is 0 Å². The summed E-state index contributed by atoms with van der Waals surface area (Å²) < 4.78 is 3.66. The summed E-state index contributed by atoms with van der Waals surface area (Å²) in [5.74, 6) is 0.660. The molecule has 10 nitrogen and oxygen atoms in total. The van der Waals surface area contributed by atoms with Gasteiger partial charge in [0.1, 0.15) is 11.8 Å². The predicted molar refractivity (Wildman–Crippen MR) is 118 cm³/mol. The van der Waals surface area contributed by atoms with Gasteiger partial charge in [-0.25, -0.2) is 14.6 Å². The number of nitrogens with zero attached hydrogens (tertiary/aromatic N) is 8. The second-order valence-electron chi connectivity index (χ2n) is 8.40. The summed E-state index contributed by atoms with van der Waals surface area (Å²) in [4.78, 5) is 9.08. The van der Waals surface area contributed by atoms with E-state index in [1.165, 1.54) is 0 Å². The number of nitriles is 1. The van der Waals surface area contributed by atoms with Crippen molar-refractivity contribution >= 4 is 16.7 Å². The topological polar surface area (TPSA) is 122 Å². The standard InChI is InChI=1S/C22H22N10/c23-8-14-6-15-10-27-32(22(15)26-9-14)21-7-19(28-16-3-4-16)18(12-25-21)20-13-31(30-29-20)17-2-1-5-24-11-17/h6-7,9-10,12-13,16-17,24H,1-5,11H2,(H,25,28). The zero-order valence-electron chi connectivity index (χ0n) is 17.4. The fraction of sp³-hybridized carbons (Fsp3) is 0.364. The Morgan fingerprint density at radius 2 is 2.06 bits per heavy atom. The minimum atomic E-state index is 0.330. The van der Waals surface area contributed by atoms with E-state index in [1.54, 1.807) is 23.1 Å². The Bertz CT molecular complexity index is 1320. The number of piperidine rings is 1. The molecular formula is C22H22N10. The second-order valence-corrected chi connectivity index (χ2v) is 8.40. The highest BCUT2D eigenvalue weighted by molar-refractivity contribution is 5.79. The van der Waals surface area contributed by atoms with Crippen molar-refractivity contribution in [1.82, 2.24) is 40.1 Å². The average molecular weight is 426 g/mol. The Hall–Kier alpha value is -3.84. The monoisotopic (exact) mass is 426 g/mol. The van der Waals surface area contributed by atoms with Gasteiger partial charge in [-0.3, -0.25) is 0 Å². The van der Waals surface area contributed by atoms with Crippen LogP contribution in [-0.4, -0.2) is 53.9 Å². The van der Waals surface area contributed by atoms with Gasteiger partial charge in [0.15, 0.2) is 11.5 Å². The van der Waals surface area contributed by atoms with Gasteiger partial charge in [0, 0.05) is 47.7 Å². The maximum absolute atomic E-state index is 9.12. The highest BCUT2D eigenvalue weighted by Gasteiger charge is 2.24. The summed E-state index contributed by atoms with van der Waals surface area (Å²) in [6, 6.07) is 6.68. The first-order chi connectivity index (χ1) is 15.8. The van der Waals surface area contributed by atoms with Crippen LogP contribution in [-0.2, 0) is 0 Å². The molecule has 1 saturated carbocycles. The lowest BCUT2D eigenvalue weighted by Gasteiger charge is -2.22. The van der Waals surface area contributed by atoms with Crippen LogP contribution in [0.3, 0.4) is 0 Å². The van der Waals surface area contributed by atoms with Crippen molar-refractivity contribution in [3.8, 4) is 23.1 Å². The van der Waals surface area contributed by atoms with Gasteiger partial charge < -0.3 is 10.6 Å². The van der Waals surface area contributed by atoms with Gasteiger partial charge in [0.2, 0.25) is 0 Å². The van der Waals surface area contributed by atoms with E-state index in [9.17, 15) is 0 Å². The number of aromatic nitrogens is 7. The van der Waals surface area contributed by atoms with Crippen molar-refractivity contribution in [2.75, 3.05) is 18.4 Å².